The molecule has 16 heteroatoms. The number of rotatable bonds is 2. The van der Waals surface area contributed by atoms with Gasteiger partial charge in [0.15, 0.2) is 0 Å². The van der Waals surface area contributed by atoms with Crippen molar-refractivity contribution in [1.82, 2.24) is 0 Å². The Morgan fingerprint density at radius 3 is 1.00 bits per heavy atom. The summed E-state index contributed by atoms with van der Waals surface area (Å²) in [5, 5.41) is 0. The van der Waals surface area contributed by atoms with E-state index in [1.807, 2.05) is 0 Å². The summed E-state index contributed by atoms with van der Waals surface area (Å²) in [6.45, 7) is 0. The van der Waals surface area contributed by atoms with E-state index in [9.17, 15) is 9.13 Å². The van der Waals surface area contributed by atoms with Crippen LogP contribution in [0.4, 0.5) is 0 Å². The molecule has 0 aliphatic rings. The summed E-state index contributed by atoms with van der Waals surface area (Å²) in [6.07, 6.45) is 0. The van der Waals surface area contributed by atoms with Gasteiger partial charge in [-0.05, 0) is 0 Å². The van der Waals surface area contributed by atoms with Crippen molar-refractivity contribution < 1.29 is 50.5 Å². The number of phosphoric acid groups is 2. The monoisotopic (exact) mass is 326 g/mol. The zero-order chi connectivity index (χ0) is 12.2. The van der Waals surface area contributed by atoms with Gasteiger partial charge in [0.1, 0.15) is 0 Å². The minimum atomic E-state index is -5.05. The molecular formula is H9MgNaO11P2S. The molecule has 0 aromatic carbocycles. The molecule has 6 N–H and O–H groups in total. The summed E-state index contributed by atoms with van der Waals surface area (Å²) in [4.78, 5) is 31.0. The maximum absolute atomic E-state index is 9.63. The van der Waals surface area contributed by atoms with E-state index < -0.39 is 26.0 Å². The fraction of sp³-hybridized carbons (Fsp3) is 0. The Kier molecular flexibility index (Phi) is 16.2. The van der Waals surface area contributed by atoms with Gasteiger partial charge in [0, 0.05) is 0 Å². The van der Waals surface area contributed by atoms with Crippen LogP contribution in [0.25, 0.3) is 0 Å². The standard InChI is InChI=1S/Mg.Na.H4O7P2.H2O4S.3H/c;;1-8(2,3)7-9(4,5)6;1-5(2,3)4;;;/h;;(H2,1,2,3)(H2,4,5,6);(H2,1,2,3,4);;;. The normalized spacial score (nSPS) is 11.4. The van der Waals surface area contributed by atoms with Crippen molar-refractivity contribution >= 4 is 78.7 Å². The molecule has 0 atom stereocenters. The Morgan fingerprint density at radius 1 is 0.875 bits per heavy atom. The molecule has 11 nitrogen and oxygen atoms in total. The Balaban J connectivity index is -0.0000000904. The minimum absolute atomic E-state index is 0. The fourth-order valence-electron chi connectivity index (χ4n) is 0.139. The van der Waals surface area contributed by atoms with Crippen molar-refractivity contribution in [1.29, 1.82) is 0 Å². The van der Waals surface area contributed by atoms with Crippen molar-refractivity contribution in [3.05, 3.63) is 0 Å². The molecule has 0 amide bonds. The summed E-state index contributed by atoms with van der Waals surface area (Å²) in [5.74, 6) is 0. The zero-order valence-electron chi connectivity index (χ0n) is 6.03. The van der Waals surface area contributed by atoms with Crippen LogP contribution in [0.15, 0.2) is 0 Å². The average Bonchev–Trinajstić information content (AvgIpc) is 1.42. The first kappa shape index (κ1) is 26.5. The van der Waals surface area contributed by atoms with Gasteiger partial charge in [-0.2, -0.15) is 12.7 Å². The molecule has 0 aromatic heterocycles. The second-order valence-corrected chi connectivity index (χ2v) is 5.02. The topological polar surface area (TPSA) is 199 Å². The van der Waals surface area contributed by atoms with E-state index in [0.29, 0.717) is 0 Å². The van der Waals surface area contributed by atoms with Crippen LogP contribution in [0, 0.1) is 0 Å². The third kappa shape index (κ3) is 56.6. The van der Waals surface area contributed by atoms with Gasteiger partial charge in [-0.1, -0.05) is 0 Å². The van der Waals surface area contributed by atoms with Crippen LogP contribution in [0.3, 0.4) is 0 Å². The van der Waals surface area contributed by atoms with E-state index >= 15 is 0 Å². The second kappa shape index (κ2) is 9.78. The SMILES string of the molecule is O=P(O)(O)OP(=O)(O)O.O=S(=O)(O)O.[MgH2].[NaH]. The second-order valence-electron chi connectivity index (χ2n) is 1.51. The summed E-state index contributed by atoms with van der Waals surface area (Å²) >= 11 is 0. The van der Waals surface area contributed by atoms with Gasteiger partial charge in [-0.25, -0.2) is 9.13 Å². The third-order valence-corrected chi connectivity index (χ3v) is 1.91. The molecular weight excluding hydrogens is 317 g/mol. The van der Waals surface area contributed by atoms with Crippen molar-refractivity contribution in [2.24, 2.45) is 0 Å². The zero-order valence-corrected chi connectivity index (χ0v) is 8.63. The van der Waals surface area contributed by atoms with Crippen molar-refractivity contribution in [2.45, 2.75) is 0 Å². The molecule has 0 saturated heterocycles. The molecule has 0 bridgehead atoms. The van der Waals surface area contributed by atoms with Crippen LogP contribution >= 0.6 is 15.6 Å². The van der Waals surface area contributed by atoms with Crippen LogP contribution in [-0.4, -0.2) is 89.7 Å². The first-order valence-corrected chi connectivity index (χ1v) is 6.69. The third-order valence-electron chi connectivity index (χ3n) is 0.213. The Bertz CT molecular complexity index is 318. The first-order valence-electron chi connectivity index (χ1n) is 2.23. The van der Waals surface area contributed by atoms with Crippen LogP contribution in [0.5, 0.6) is 0 Å². The van der Waals surface area contributed by atoms with Crippen LogP contribution < -0.4 is 0 Å². The van der Waals surface area contributed by atoms with Gasteiger partial charge in [0.25, 0.3) is 0 Å². The molecule has 0 radical (unpaired) electrons. The first-order chi connectivity index (χ1) is 5.71. The van der Waals surface area contributed by atoms with E-state index in [1.54, 1.807) is 0 Å². The van der Waals surface area contributed by atoms with E-state index in [-0.39, 0.29) is 52.6 Å². The van der Waals surface area contributed by atoms with Crippen LogP contribution in [0.2, 0.25) is 0 Å². The summed E-state index contributed by atoms with van der Waals surface area (Å²) in [7, 11) is -14.8. The molecule has 0 rings (SSSR count). The average molecular weight is 326 g/mol. The molecule has 0 aromatic rings. The molecule has 0 saturated carbocycles. The van der Waals surface area contributed by atoms with Crippen LogP contribution in [-0.2, 0) is 23.8 Å². The predicted molar refractivity (Wildman–Crippen MR) is 55.0 cm³/mol. The molecule has 0 aliphatic heterocycles. The Labute approximate surface area is 128 Å². The molecule has 16 heavy (non-hydrogen) atoms. The van der Waals surface area contributed by atoms with Gasteiger partial charge in [-0.3, -0.25) is 9.11 Å². The number of hydrogen-bond acceptors (Lipinski definition) is 5. The molecule has 0 fully saturated rings. The van der Waals surface area contributed by atoms with E-state index in [0.717, 1.165) is 0 Å². The molecule has 0 unspecified atom stereocenters. The summed E-state index contributed by atoms with van der Waals surface area (Å²) in [5.41, 5.74) is 0. The predicted octanol–water partition coefficient (Wildman–Crippen LogP) is -3.03. The van der Waals surface area contributed by atoms with Gasteiger partial charge in [-0.15, -0.1) is 0 Å². The Morgan fingerprint density at radius 2 is 1.00 bits per heavy atom. The number of hydrogen-bond donors (Lipinski definition) is 6. The van der Waals surface area contributed by atoms with Crippen LogP contribution in [0.1, 0.15) is 0 Å². The summed E-state index contributed by atoms with van der Waals surface area (Å²) in [6, 6.07) is 0. The molecule has 94 valence electrons. The Hall–Kier alpha value is 1.90. The van der Waals surface area contributed by atoms with Crippen molar-refractivity contribution in [3.63, 3.8) is 0 Å². The van der Waals surface area contributed by atoms with Gasteiger partial charge < -0.3 is 19.6 Å². The van der Waals surface area contributed by atoms with E-state index in [1.165, 1.54) is 0 Å². The van der Waals surface area contributed by atoms with Crippen molar-refractivity contribution in [2.75, 3.05) is 0 Å². The van der Waals surface area contributed by atoms with Gasteiger partial charge in [0.05, 0.1) is 0 Å². The molecule has 0 spiro atoms. The van der Waals surface area contributed by atoms with Crippen molar-refractivity contribution in [3.8, 4) is 0 Å². The molecule has 0 heterocycles. The maximum atomic E-state index is 9.63. The fourth-order valence-corrected chi connectivity index (χ4v) is 1.25. The summed E-state index contributed by atoms with van der Waals surface area (Å²) < 4.78 is 53.8. The van der Waals surface area contributed by atoms with E-state index in [2.05, 4.69) is 4.31 Å². The van der Waals surface area contributed by atoms with Gasteiger partial charge in [0.2, 0.25) is 0 Å². The quantitative estimate of drug-likeness (QED) is 0.171. The molecule has 0 aliphatic carbocycles. The van der Waals surface area contributed by atoms with Gasteiger partial charge >= 0.3 is 78.7 Å². The van der Waals surface area contributed by atoms with E-state index in [4.69, 9.17) is 37.1 Å².